The Kier molecular flexibility index (Phi) is 30.5. The SMILES string of the molecule is CC(C)(C)c1cc(C=N[C@H]2CCCC[C@@H]2N=Cc2cc(C(C)(C)C)cc(C(C)(C)C)c2O)c(O)c(C(C)(C)C)c1.COC(=O)C1CO1.O.O=C(O)[C@H](O)COc1ccccc1.Oc1ccccc1.[Co].[K+].[OH-]. The number of para-hydroxylation sites is 2. The third-order valence-corrected chi connectivity index (χ3v) is 11.1. The third kappa shape index (κ3) is 23.8. The molecule has 1 unspecified atom stereocenters. The van der Waals surface area contributed by atoms with Crippen molar-refractivity contribution < 1.29 is 128 Å². The molecule has 2 aliphatic rings. The molecule has 2 fully saturated rings. The number of phenols is 3. The molecule has 1 radical (unpaired) electrons. The van der Waals surface area contributed by atoms with Crippen LogP contribution >= 0.6 is 0 Å². The van der Waals surface area contributed by atoms with Gasteiger partial charge in [-0.1, -0.05) is 144 Å². The minimum absolute atomic E-state index is 0. The number of phenolic OH excluding ortho intramolecular Hbond substituents is 3. The number of carbonyl (C=O) groups excluding carboxylic acids is 1. The number of epoxide rings is 1. The van der Waals surface area contributed by atoms with E-state index in [1.807, 2.05) is 24.6 Å². The third-order valence-electron chi connectivity index (χ3n) is 11.1. The molecule has 0 spiro atoms. The molecule has 4 aromatic carbocycles. The molecule has 14 nitrogen and oxygen atoms in total. The van der Waals surface area contributed by atoms with Gasteiger partial charge >= 0.3 is 63.3 Å². The van der Waals surface area contributed by atoms with Crippen molar-refractivity contribution in [3.05, 3.63) is 118 Å². The zero-order chi connectivity index (χ0) is 50.3. The number of nitrogens with zero attached hydrogens (tertiary/aromatic N) is 2. The Bertz CT molecular complexity index is 2160. The van der Waals surface area contributed by atoms with Crippen LogP contribution < -0.4 is 56.1 Å². The molecule has 0 bridgehead atoms. The summed E-state index contributed by atoms with van der Waals surface area (Å²) in [4.78, 5) is 30.5. The first kappa shape index (κ1) is 69.4. The monoisotopic (exact) mass is 1060 g/mol. The molecule has 1 heterocycles. The van der Waals surface area contributed by atoms with Gasteiger partial charge in [0.25, 0.3) is 0 Å². The first-order chi connectivity index (χ1) is 31.1. The number of methoxy groups -OCH3 is 1. The molecule has 391 valence electrons. The molecule has 71 heavy (non-hydrogen) atoms. The quantitative estimate of drug-likeness (QED) is 0.0517. The summed E-state index contributed by atoms with van der Waals surface area (Å²) in [6.07, 6.45) is 6.19. The van der Waals surface area contributed by atoms with E-state index in [9.17, 15) is 19.8 Å². The number of hydrogen-bond donors (Lipinski definition) is 5. The van der Waals surface area contributed by atoms with Crippen molar-refractivity contribution in [1.29, 1.82) is 0 Å². The Labute approximate surface area is 475 Å². The standard InChI is InChI=1S/C36H54N2O2.C9H10O4.C6H6O.C4H6O3.Co.K.2H2O/c1-33(2,3)25-17-23(31(39)27(19-25)35(7,8)9)21-37-29-15-13-14-16-30(29)38-22-24-18-26(34(4,5)6)20-28(32(24)40)36(10,11)12;10-8(9(11)12)6-13-7-4-2-1-3-5-7;7-6-4-2-1-3-5-6;1-6-4(5)3-2-7-3;;;;/h17-22,29-30,39-40H,13-16H2,1-12H3;1-5,8,10H,6H2,(H,11,12);1-5,7H;3H,2H2,1H3;;;2*1H2/q;;;;;+1;;/p-1/t29-,30-;8-;;;;;;/m01....../s1. The predicted molar refractivity (Wildman–Crippen MR) is 273 cm³/mol. The number of aliphatic imine (C=N–C) groups is 2. The van der Waals surface area contributed by atoms with Gasteiger partial charge in [-0.2, -0.15) is 0 Å². The van der Waals surface area contributed by atoms with E-state index < -0.39 is 12.1 Å². The first-order valence-electron chi connectivity index (χ1n) is 23.0. The molecular formula is C55H79CoKN2O12. The van der Waals surface area contributed by atoms with Crippen molar-refractivity contribution >= 4 is 24.4 Å². The number of aliphatic carboxylic acids is 1. The maximum atomic E-state index is 11.2. The summed E-state index contributed by atoms with van der Waals surface area (Å²) in [5, 5.41) is 48.3. The van der Waals surface area contributed by atoms with Crippen molar-refractivity contribution in [2.45, 2.75) is 155 Å². The molecule has 1 aliphatic heterocycles. The summed E-state index contributed by atoms with van der Waals surface area (Å²) in [6, 6.07) is 26.0. The van der Waals surface area contributed by atoms with Crippen molar-refractivity contribution in [2.75, 3.05) is 20.3 Å². The fourth-order valence-corrected chi connectivity index (χ4v) is 6.82. The van der Waals surface area contributed by atoms with Gasteiger partial charge in [-0.15, -0.1) is 0 Å². The molecule has 4 aromatic rings. The van der Waals surface area contributed by atoms with Crippen molar-refractivity contribution in [3.8, 4) is 23.0 Å². The number of carboxylic acid groups (broad SMARTS) is 1. The molecule has 1 saturated heterocycles. The number of rotatable bonds is 9. The van der Waals surface area contributed by atoms with Crippen LogP contribution in [0.5, 0.6) is 23.0 Å². The first-order valence-corrected chi connectivity index (χ1v) is 23.0. The van der Waals surface area contributed by atoms with E-state index in [-0.39, 0.29) is 132 Å². The largest absolute Gasteiger partial charge is 1.00 e. The van der Waals surface area contributed by atoms with Gasteiger partial charge in [0.2, 0.25) is 0 Å². The second-order valence-corrected chi connectivity index (χ2v) is 21.1. The van der Waals surface area contributed by atoms with Gasteiger partial charge in [0.05, 0.1) is 25.8 Å². The summed E-state index contributed by atoms with van der Waals surface area (Å²) in [7, 11) is 1.35. The number of aliphatic hydroxyl groups excluding tert-OH is 1. The maximum Gasteiger partial charge on any atom is 1.00 e. The Morgan fingerprint density at radius 2 is 1.07 bits per heavy atom. The predicted octanol–water partition coefficient (Wildman–Crippen LogP) is 6.60. The van der Waals surface area contributed by atoms with Crippen molar-refractivity contribution in [2.24, 2.45) is 9.98 Å². The van der Waals surface area contributed by atoms with Crippen LogP contribution in [-0.4, -0.2) is 105 Å². The number of aliphatic hydroxyl groups is 1. The average molecular weight is 1060 g/mol. The van der Waals surface area contributed by atoms with Gasteiger partial charge in [-0.05, 0) is 82.0 Å². The van der Waals surface area contributed by atoms with Crippen LogP contribution in [0.1, 0.15) is 142 Å². The summed E-state index contributed by atoms with van der Waals surface area (Å²) in [5.74, 6) is -0.0429. The molecule has 4 atom stereocenters. The number of carbonyl (C=O) groups is 2. The van der Waals surface area contributed by atoms with Crippen LogP contribution in [0.15, 0.2) is 94.9 Å². The molecular weight excluding hydrogens is 979 g/mol. The fourth-order valence-electron chi connectivity index (χ4n) is 6.82. The van der Waals surface area contributed by atoms with Gasteiger partial charge in [0.1, 0.15) is 29.6 Å². The van der Waals surface area contributed by atoms with Crippen LogP contribution in [0.3, 0.4) is 0 Å². The Balaban J connectivity index is 0. The van der Waals surface area contributed by atoms with E-state index >= 15 is 0 Å². The summed E-state index contributed by atoms with van der Waals surface area (Å²) < 4.78 is 13.9. The number of hydrogen-bond acceptors (Lipinski definition) is 12. The number of benzene rings is 4. The van der Waals surface area contributed by atoms with Gasteiger partial charge in [0.15, 0.2) is 12.2 Å². The molecule has 0 amide bonds. The van der Waals surface area contributed by atoms with E-state index in [4.69, 9.17) is 30.0 Å². The van der Waals surface area contributed by atoms with E-state index in [2.05, 4.69) is 117 Å². The van der Waals surface area contributed by atoms with Gasteiger partial charge in [-0.25, -0.2) is 9.59 Å². The van der Waals surface area contributed by atoms with E-state index in [1.165, 1.54) is 18.2 Å². The van der Waals surface area contributed by atoms with Gasteiger partial charge in [-0.3, -0.25) is 9.98 Å². The van der Waals surface area contributed by atoms with Crippen molar-refractivity contribution in [3.63, 3.8) is 0 Å². The van der Waals surface area contributed by atoms with Crippen LogP contribution in [0.2, 0.25) is 0 Å². The minimum atomic E-state index is -1.47. The van der Waals surface area contributed by atoms with Crippen LogP contribution in [0, 0.1) is 0 Å². The smallest absolute Gasteiger partial charge is 0.870 e. The van der Waals surface area contributed by atoms with Crippen LogP contribution in [0.4, 0.5) is 0 Å². The van der Waals surface area contributed by atoms with Crippen LogP contribution in [0.25, 0.3) is 0 Å². The van der Waals surface area contributed by atoms with Crippen molar-refractivity contribution in [1.82, 2.24) is 0 Å². The minimum Gasteiger partial charge on any atom is -0.870 e. The molecule has 16 heteroatoms. The molecule has 1 saturated carbocycles. The van der Waals surface area contributed by atoms with Crippen LogP contribution in [-0.2, 0) is 57.5 Å². The average Bonchev–Trinajstić information content (AvgIpc) is 4.11. The molecule has 6 rings (SSSR count). The number of aromatic hydroxyl groups is 3. The topological polar surface area (TPSA) is 252 Å². The van der Waals surface area contributed by atoms with E-state index in [0.29, 0.717) is 29.6 Å². The maximum absolute atomic E-state index is 11.2. The second kappa shape index (κ2) is 31.2. The zero-order valence-electron chi connectivity index (χ0n) is 44.2. The summed E-state index contributed by atoms with van der Waals surface area (Å²) >= 11 is 0. The number of ether oxygens (including phenoxy) is 3. The van der Waals surface area contributed by atoms with E-state index in [0.717, 1.165) is 47.9 Å². The van der Waals surface area contributed by atoms with Gasteiger partial charge in [0, 0.05) is 51.5 Å². The second-order valence-electron chi connectivity index (χ2n) is 21.1. The van der Waals surface area contributed by atoms with Gasteiger partial charge < -0.3 is 50.7 Å². The summed E-state index contributed by atoms with van der Waals surface area (Å²) in [6.45, 7) is 26.3. The Morgan fingerprint density at radius 1 is 0.690 bits per heavy atom. The molecule has 0 aromatic heterocycles. The fraction of sp³-hybridized carbons (Fsp3) is 0.491. The summed E-state index contributed by atoms with van der Waals surface area (Å²) in [5.41, 5.74) is 5.39. The normalized spacial score (nSPS) is 16.7. The number of carboxylic acids is 1. The number of esters is 1. The molecule has 8 N–H and O–H groups in total. The Hall–Kier alpha value is -3.66. The molecule has 1 aliphatic carbocycles. The Morgan fingerprint density at radius 3 is 1.35 bits per heavy atom. The van der Waals surface area contributed by atoms with E-state index in [1.54, 1.807) is 48.5 Å². The zero-order valence-corrected chi connectivity index (χ0v) is 48.4.